The summed E-state index contributed by atoms with van der Waals surface area (Å²) in [5, 5.41) is 0. The number of nitrogens with one attached hydrogen (secondary N) is 1. The summed E-state index contributed by atoms with van der Waals surface area (Å²) in [7, 11) is -2.73. The first kappa shape index (κ1) is 19.0. The first-order valence-corrected chi connectivity index (χ1v) is 9.70. The quantitative estimate of drug-likeness (QED) is 0.751. The van der Waals surface area contributed by atoms with Crippen LogP contribution in [0.5, 0.6) is 0 Å². The minimum absolute atomic E-state index is 0.0538. The summed E-state index contributed by atoms with van der Waals surface area (Å²) >= 11 is 0. The van der Waals surface area contributed by atoms with Crippen LogP contribution >= 0.6 is 0 Å². The maximum Gasteiger partial charge on any atom is 0.342 e. The summed E-state index contributed by atoms with van der Waals surface area (Å²) in [6, 6.07) is -0.351. The molecule has 7 nitrogen and oxygen atoms in total. The molecule has 0 aromatic carbocycles. The fraction of sp³-hybridized carbons (Fsp3) is 0.688. The molecular formula is C16H26N2O5S. The molecule has 1 heterocycles. The van der Waals surface area contributed by atoms with E-state index in [9.17, 15) is 13.2 Å². The Morgan fingerprint density at radius 3 is 2.46 bits per heavy atom. The molecule has 0 bridgehead atoms. The van der Waals surface area contributed by atoms with E-state index in [1.54, 1.807) is 6.92 Å². The lowest BCUT2D eigenvalue weighted by atomic mass is 9.84. The SMILES string of the molecule is COC(=O)c1c(C)oc(C)c1S(=O)(=O)NC(CN)C1CCCCC1. The van der Waals surface area contributed by atoms with Gasteiger partial charge in [0, 0.05) is 12.6 Å². The van der Waals surface area contributed by atoms with Gasteiger partial charge in [-0.25, -0.2) is 17.9 Å². The topological polar surface area (TPSA) is 112 Å². The third kappa shape index (κ3) is 3.81. The molecule has 1 aliphatic rings. The van der Waals surface area contributed by atoms with Gasteiger partial charge in [0.15, 0.2) is 0 Å². The second kappa shape index (κ2) is 7.67. The second-order valence-electron chi connectivity index (χ2n) is 6.27. The molecule has 1 saturated carbocycles. The Morgan fingerprint density at radius 1 is 1.29 bits per heavy atom. The molecule has 24 heavy (non-hydrogen) atoms. The third-order valence-electron chi connectivity index (χ3n) is 4.64. The highest BCUT2D eigenvalue weighted by Gasteiger charge is 2.34. The second-order valence-corrected chi connectivity index (χ2v) is 7.92. The molecule has 0 amide bonds. The van der Waals surface area contributed by atoms with Crippen molar-refractivity contribution in [2.75, 3.05) is 13.7 Å². The maximum atomic E-state index is 12.9. The molecule has 2 rings (SSSR count). The van der Waals surface area contributed by atoms with Gasteiger partial charge < -0.3 is 14.9 Å². The van der Waals surface area contributed by atoms with E-state index in [1.165, 1.54) is 20.5 Å². The van der Waals surface area contributed by atoms with Crippen LogP contribution in [0.15, 0.2) is 9.31 Å². The highest BCUT2D eigenvalue weighted by Crippen LogP contribution is 2.30. The van der Waals surface area contributed by atoms with Crippen LogP contribution in [0.2, 0.25) is 0 Å². The van der Waals surface area contributed by atoms with Crippen LogP contribution in [0, 0.1) is 19.8 Å². The Bertz CT molecular complexity index is 690. The number of carbonyl (C=O) groups excluding carboxylic acids is 1. The fourth-order valence-corrected chi connectivity index (χ4v) is 5.18. The zero-order valence-electron chi connectivity index (χ0n) is 14.4. The van der Waals surface area contributed by atoms with E-state index < -0.39 is 16.0 Å². The molecule has 1 unspecified atom stereocenters. The van der Waals surface area contributed by atoms with Crippen molar-refractivity contribution < 1.29 is 22.4 Å². The van der Waals surface area contributed by atoms with Gasteiger partial charge in [-0.05, 0) is 32.6 Å². The van der Waals surface area contributed by atoms with Gasteiger partial charge in [-0.1, -0.05) is 19.3 Å². The summed E-state index contributed by atoms with van der Waals surface area (Å²) in [5.41, 5.74) is 5.76. The normalized spacial score (nSPS) is 17.7. The van der Waals surface area contributed by atoms with Gasteiger partial charge in [0.1, 0.15) is 22.0 Å². The molecule has 1 fully saturated rings. The predicted molar refractivity (Wildman–Crippen MR) is 89.3 cm³/mol. The van der Waals surface area contributed by atoms with Crippen molar-refractivity contribution in [1.82, 2.24) is 4.72 Å². The number of sulfonamides is 1. The van der Waals surface area contributed by atoms with Crippen molar-refractivity contribution in [2.45, 2.75) is 56.9 Å². The number of carbonyl (C=O) groups is 1. The van der Waals surface area contributed by atoms with Crippen LogP contribution in [0.4, 0.5) is 0 Å². The van der Waals surface area contributed by atoms with Crippen LogP contribution in [0.25, 0.3) is 0 Å². The number of furan rings is 1. The first-order valence-electron chi connectivity index (χ1n) is 8.22. The van der Waals surface area contributed by atoms with Crippen LogP contribution in [0.3, 0.4) is 0 Å². The first-order chi connectivity index (χ1) is 11.3. The summed E-state index contributed by atoms with van der Waals surface area (Å²) < 4.78 is 38.5. The third-order valence-corrected chi connectivity index (χ3v) is 6.28. The van der Waals surface area contributed by atoms with E-state index in [1.807, 2.05) is 0 Å². The number of aryl methyl sites for hydroxylation is 2. The van der Waals surface area contributed by atoms with Gasteiger partial charge in [-0.2, -0.15) is 0 Å². The molecule has 1 aliphatic carbocycles. The number of methoxy groups -OCH3 is 1. The van der Waals surface area contributed by atoms with Gasteiger partial charge in [-0.15, -0.1) is 0 Å². The molecule has 0 spiro atoms. The molecule has 136 valence electrons. The fourth-order valence-electron chi connectivity index (χ4n) is 3.46. The van der Waals surface area contributed by atoms with E-state index in [2.05, 4.69) is 4.72 Å². The zero-order chi connectivity index (χ0) is 17.9. The molecule has 0 saturated heterocycles. The van der Waals surface area contributed by atoms with Crippen molar-refractivity contribution >= 4 is 16.0 Å². The summed E-state index contributed by atoms with van der Waals surface area (Å²) in [5.74, 6) is -0.124. The standard InChI is InChI=1S/C16H26N2O5S/c1-10-14(16(19)22-3)15(11(2)23-10)24(20,21)18-13(9-17)12-7-5-4-6-8-12/h12-13,18H,4-9,17H2,1-3H3. The van der Waals surface area contributed by atoms with Crippen LogP contribution in [0.1, 0.15) is 54.0 Å². The average molecular weight is 358 g/mol. The van der Waals surface area contributed by atoms with Gasteiger partial charge in [-0.3, -0.25) is 0 Å². The Hall–Kier alpha value is -1.38. The minimum Gasteiger partial charge on any atom is -0.465 e. The molecule has 1 atom stereocenters. The lowest BCUT2D eigenvalue weighted by Gasteiger charge is -2.29. The van der Waals surface area contributed by atoms with Crippen molar-refractivity contribution in [2.24, 2.45) is 11.7 Å². The Balaban J connectivity index is 2.34. The largest absolute Gasteiger partial charge is 0.465 e. The molecule has 8 heteroatoms. The van der Waals surface area contributed by atoms with Gasteiger partial charge >= 0.3 is 5.97 Å². The molecule has 1 aromatic heterocycles. The number of hydrogen-bond acceptors (Lipinski definition) is 6. The average Bonchev–Trinajstić information content (AvgIpc) is 2.87. The lowest BCUT2D eigenvalue weighted by molar-refractivity contribution is 0.0595. The predicted octanol–water partition coefficient (Wildman–Crippen LogP) is 1.87. The molecular weight excluding hydrogens is 332 g/mol. The van der Waals surface area contributed by atoms with Crippen LogP contribution < -0.4 is 10.5 Å². The van der Waals surface area contributed by atoms with Crippen molar-refractivity contribution in [3.8, 4) is 0 Å². The number of ether oxygens (including phenoxy) is 1. The van der Waals surface area contributed by atoms with Crippen LogP contribution in [-0.2, 0) is 14.8 Å². The van der Waals surface area contributed by atoms with E-state index in [-0.39, 0.29) is 40.5 Å². The highest BCUT2D eigenvalue weighted by molar-refractivity contribution is 7.89. The molecule has 3 N–H and O–H groups in total. The molecule has 0 radical (unpaired) electrons. The Labute approximate surface area is 143 Å². The monoisotopic (exact) mass is 358 g/mol. The summed E-state index contributed by atoms with van der Waals surface area (Å²) in [6.45, 7) is 3.28. The van der Waals surface area contributed by atoms with Crippen molar-refractivity contribution in [1.29, 1.82) is 0 Å². The Kier molecular flexibility index (Phi) is 6.06. The van der Waals surface area contributed by atoms with E-state index in [4.69, 9.17) is 14.9 Å². The number of esters is 1. The van der Waals surface area contributed by atoms with Gasteiger partial charge in [0.2, 0.25) is 10.0 Å². The Morgan fingerprint density at radius 2 is 1.92 bits per heavy atom. The van der Waals surface area contributed by atoms with E-state index in [0.29, 0.717) is 0 Å². The number of rotatable bonds is 6. The van der Waals surface area contributed by atoms with Crippen LogP contribution in [-0.4, -0.2) is 34.1 Å². The van der Waals surface area contributed by atoms with Crippen molar-refractivity contribution in [3.63, 3.8) is 0 Å². The van der Waals surface area contributed by atoms with Gasteiger partial charge in [0.25, 0.3) is 0 Å². The van der Waals surface area contributed by atoms with E-state index in [0.717, 1.165) is 25.7 Å². The molecule has 0 aliphatic heterocycles. The summed E-state index contributed by atoms with van der Waals surface area (Å²) in [6.07, 6.45) is 5.25. The van der Waals surface area contributed by atoms with Gasteiger partial charge in [0.05, 0.1) is 7.11 Å². The number of hydrogen-bond donors (Lipinski definition) is 2. The zero-order valence-corrected chi connectivity index (χ0v) is 15.2. The highest BCUT2D eigenvalue weighted by atomic mass is 32.2. The smallest absolute Gasteiger partial charge is 0.342 e. The van der Waals surface area contributed by atoms with Crippen molar-refractivity contribution in [3.05, 3.63) is 17.1 Å². The minimum atomic E-state index is -3.94. The lowest BCUT2D eigenvalue weighted by Crippen LogP contribution is -2.46. The summed E-state index contributed by atoms with van der Waals surface area (Å²) in [4.78, 5) is 11.8. The maximum absolute atomic E-state index is 12.9. The molecule has 1 aromatic rings. The number of nitrogens with two attached hydrogens (primary N) is 1. The van der Waals surface area contributed by atoms with E-state index >= 15 is 0 Å².